The molecule has 0 aliphatic heterocycles. The Morgan fingerprint density at radius 1 is 1.41 bits per heavy atom. The van der Waals surface area contributed by atoms with Crippen molar-refractivity contribution in [1.29, 1.82) is 0 Å². The highest BCUT2D eigenvalue weighted by molar-refractivity contribution is 9.10. The highest BCUT2D eigenvalue weighted by Crippen LogP contribution is 2.34. The fraction of sp³-hybridized carbons (Fsp3) is 0.571. The number of benzene rings is 1. The fourth-order valence-corrected chi connectivity index (χ4v) is 3.33. The van der Waals surface area contributed by atoms with Crippen LogP contribution in [0.15, 0.2) is 28.7 Å². The second-order valence-electron chi connectivity index (χ2n) is 5.25. The molecule has 0 spiro atoms. The lowest BCUT2D eigenvalue weighted by atomic mass is 9.92. The Bertz CT molecular complexity index is 367. The Morgan fingerprint density at radius 2 is 2.18 bits per heavy atom. The van der Waals surface area contributed by atoms with Crippen LogP contribution in [0.4, 0.5) is 0 Å². The molecule has 2 rings (SSSR count). The summed E-state index contributed by atoms with van der Waals surface area (Å²) in [6, 6.07) is 8.81. The Labute approximate surface area is 112 Å². The average Bonchev–Trinajstić information content (AvgIpc) is 2.75. The van der Waals surface area contributed by atoms with E-state index in [1.165, 1.54) is 29.3 Å². The zero-order valence-corrected chi connectivity index (χ0v) is 11.9. The number of nitrogens with one attached hydrogen (secondary N) is 1. The van der Waals surface area contributed by atoms with Crippen LogP contribution >= 0.6 is 15.9 Å². The second kappa shape index (κ2) is 5.98. The van der Waals surface area contributed by atoms with Gasteiger partial charge in [0, 0.05) is 10.5 Å². The van der Waals surface area contributed by atoms with E-state index in [0.29, 0.717) is 6.04 Å². The maximum atomic E-state index is 5.73. The molecule has 0 aromatic heterocycles. The molecule has 3 unspecified atom stereocenters. The summed E-state index contributed by atoms with van der Waals surface area (Å²) in [5.41, 5.74) is 4.36. The largest absolute Gasteiger partial charge is 0.271 e. The lowest BCUT2D eigenvalue weighted by molar-refractivity contribution is 0.352. The Morgan fingerprint density at radius 3 is 2.76 bits per heavy atom. The fourth-order valence-electron chi connectivity index (χ4n) is 2.88. The van der Waals surface area contributed by atoms with Crippen LogP contribution in [0.3, 0.4) is 0 Å². The molecule has 1 aliphatic rings. The van der Waals surface area contributed by atoms with E-state index < -0.39 is 0 Å². The van der Waals surface area contributed by atoms with E-state index in [-0.39, 0.29) is 0 Å². The van der Waals surface area contributed by atoms with Crippen LogP contribution in [0.5, 0.6) is 0 Å². The van der Waals surface area contributed by atoms with Crippen molar-refractivity contribution in [3.63, 3.8) is 0 Å². The quantitative estimate of drug-likeness (QED) is 0.661. The van der Waals surface area contributed by atoms with Gasteiger partial charge in [0.2, 0.25) is 0 Å². The summed E-state index contributed by atoms with van der Waals surface area (Å²) in [4.78, 5) is 0. The maximum absolute atomic E-state index is 5.73. The molecule has 0 amide bonds. The first-order valence-corrected chi connectivity index (χ1v) is 7.19. The highest BCUT2D eigenvalue weighted by atomic mass is 79.9. The molecular weight excluding hydrogens is 276 g/mol. The van der Waals surface area contributed by atoms with Crippen molar-refractivity contribution in [2.45, 2.75) is 38.6 Å². The van der Waals surface area contributed by atoms with E-state index in [9.17, 15) is 0 Å². The van der Waals surface area contributed by atoms with E-state index in [1.54, 1.807) is 0 Å². The summed E-state index contributed by atoms with van der Waals surface area (Å²) >= 11 is 3.61. The molecule has 0 saturated heterocycles. The van der Waals surface area contributed by atoms with Gasteiger partial charge in [-0.05, 0) is 42.7 Å². The summed E-state index contributed by atoms with van der Waals surface area (Å²) in [7, 11) is 0. The third-order valence-corrected chi connectivity index (χ3v) is 4.69. The number of hydrogen-bond donors (Lipinski definition) is 2. The number of halogens is 1. The molecule has 2 nitrogen and oxygen atoms in total. The maximum Gasteiger partial charge on any atom is 0.0279 e. The Balaban J connectivity index is 2.03. The minimum atomic E-state index is 0.402. The molecule has 0 bridgehead atoms. The first-order chi connectivity index (χ1) is 8.20. The number of rotatable bonds is 4. The first-order valence-electron chi connectivity index (χ1n) is 6.40. The lowest BCUT2D eigenvalue weighted by Gasteiger charge is -2.23. The van der Waals surface area contributed by atoms with Crippen LogP contribution in [0, 0.1) is 11.8 Å². The molecule has 1 aromatic rings. The standard InChI is InChI=1S/C14H21BrN2/c1-10-6-7-12(8-10)14(17-16)9-11-4-2-3-5-13(11)15/h2-5,10,12,14,17H,6-9,16H2,1H3. The Hall–Kier alpha value is -0.380. The summed E-state index contributed by atoms with van der Waals surface area (Å²) in [5, 5.41) is 0. The third-order valence-electron chi connectivity index (χ3n) is 3.92. The van der Waals surface area contributed by atoms with E-state index in [0.717, 1.165) is 18.3 Å². The van der Waals surface area contributed by atoms with Crippen molar-refractivity contribution in [3.8, 4) is 0 Å². The molecule has 17 heavy (non-hydrogen) atoms. The normalized spacial score (nSPS) is 26.1. The summed E-state index contributed by atoms with van der Waals surface area (Å²) in [5.74, 6) is 7.31. The van der Waals surface area contributed by atoms with Crippen LogP contribution in [0.2, 0.25) is 0 Å². The van der Waals surface area contributed by atoms with E-state index in [4.69, 9.17) is 5.84 Å². The van der Waals surface area contributed by atoms with Gasteiger partial charge < -0.3 is 0 Å². The van der Waals surface area contributed by atoms with Gasteiger partial charge in [0.15, 0.2) is 0 Å². The van der Waals surface area contributed by atoms with Gasteiger partial charge in [0.25, 0.3) is 0 Å². The minimum absolute atomic E-state index is 0.402. The van der Waals surface area contributed by atoms with E-state index in [2.05, 4.69) is 52.5 Å². The van der Waals surface area contributed by atoms with Crippen molar-refractivity contribution in [3.05, 3.63) is 34.3 Å². The molecule has 94 valence electrons. The zero-order valence-electron chi connectivity index (χ0n) is 10.3. The molecular formula is C14H21BrN2. The molecule has 0 heterocycles. The lowest BCUT2D eigenvalue weighted by Crippen LogP contribution is -2.41. The molecule has 3 N–H and O–H groups in total. The van der Waals surface area contributed by atoms with Gasteiger partial charge in [0.05, 0.1) is 0 Å². The SMILES string of the molecule is CC1CCC(C(Cc2ccccc2Br)NN)C1. The van der Waals surface area contributed by atoms with Gasteiger partial charge in [-0.15, -0.1) is 0 Å². The molecule has 3 atom stereocenters. The molecule has 0 radical (unpaired) electrons. The smallest absolute Gasteiger partial charge is 0.0279 e. The highest BCUT2D eigenvalue weighted by Gasteiger charge is 2.28. The van der Waals surface area contributed by atoms with Gasteiger partial charge >= 0.3 is 0 Å². The van der Waals surface area contributed by atoms with Crippen LogP contribution in [0.25, 0.3) is 0 Å². The average molecular weight is 297 g/mol. The van der Waals surface area contributed by atoms with Crippen LogP contribution in [0.1, 0.15) is 31.7 Å². The van der Waals surface area contributed by atoms with E-state index in [1.807, 2.05) is 0 Å². The predicted octanol–water partition coefficient (Wildman–Crippen LogP) is 3.26. The van der Waals surface area contributed by atoms with Crippen molar-refractivity contribution in [2.75, 3.05) is 0 Å². The predicted molar refractivity (Wildman–Crippen MR) is 75.5 cm³/mol. The van der Waals surface area contributed by atoms with Crippen molar-refractivity contribution in [2.24, 2.45) is 17.7 Å². The van der Waals surface area contributed by atoms with Crippen LogP contribution in [-0.4, -0.2) is 6.04 Å². The van der Waals surface area contributed by atoms with Crippen molar-refractivity contribution in [1.82, 2.24) is 5.43 Å². The Kier molecular flexibility index (Phi) is 4.60. The van der Waals surface area contributed by atoms with Gasteiger partial charge in [-0.25, -0.2) is 0 Å². The van der Waals surface area contributed by atoms with Crippen molar-refractivity contribution >= 4 is 15.9 Å². The third kappa shape index (κ3) is 3.30. The monoisotopic (exact) mass is 296 g/mol. The second-order valence-corrected chi connectivity index (χ2v) is 6.10. The number of nitrogens with two attached hydrogens (primary N) is 1. The summed E-state index contributed by atoms with van der Waals surface area (Å²) in [6.07, 6.45) is 4.97. The van der Waals surface area contributed by atoms with Gasteiger partial charge in [-0.2, -0.15) is 0 Å². The van der Waals surface area contributed by atoms with Gasteiger partial charge in [-0.3, -0.25) is 11.3 Å². The first kappa shape index (κ1) is 13.1. The number of hydrazine groups is 1. The molecule has 1 aliphatic carbocycles. The van der Waals surface area contributed by atoms with E-state index >= 15 is 0 Å². The topological polar surface area (TPSA) is 38.0 Å². The number of hydrogen-bond acceptors (Lipinski definition) is 2. The van der Waals surface area contributed by atoms with Crippen molar-refractivity contribution < 1.29 is 0 Å². The van der Waals surface area contributed by atoms with Crippen LogP contribution in [-0.2, 0) is 6.42 Å². The molecule has 1 aromatic carbocycles. The van der Waals surface area contributed by atoms with Crippen LogP contribution < -0.4 is 11.3 Å². The summed E-state index contributed by atoms with van der Waals surface area (Å²) < 4.78 is 1.19. The minimum Gasteiger partial charge on any atom is -0.271 e. The molecule has 3 heteroatoms. The summed E-state index contributed by atoms with van der Waals surface area (Å²) in [6.45, 7) is 2.34. The van der Waals surface area contributed by atoms with Gasteiger partial charge in [-0.1, -0.05) is 47.5 Å². The molecule has 1 fully saturated rings. The van der Waals surface area contributed by atoms with Gasteiger partial charge in [0.1, 0.15) is 0 Å². The molecule has 1 saturated carbocycles. The zero-order chi connectivity index (χ0) is 12.3.